The second-order valence-electron chi connectivity index (χ2n) is 6.23. The number of nitrogens with one attached hydrogen (secondary N) is 1. The fourth-order valence-electron chi connectivity index (χ4n) is 3.13. The second-order valence-corrected chi connectivity index (χ2v) is 6.23. The van der Waals surface area contributed by atoms with E-state index in [4.69, 9.17) is 14.6 Å². The Morgan fingerprint density at radius 2 is 2.08 bits per heavy atom. The molecule has 8 nitrogen and oxygen atoms in total. The molecule has 2 unspecified atom stereocenters. The largest absolute Gasteiger partial charge is 0.481 e. The maximum Gasteiger partial charge on any atom is 0.305 e. The summed E-state index contributed by atoms with van der Waals surface area (Å²) >= 11 is 0. The average Bonchev–Trinajstić information content (AvgIpc) is 3.21. The number of carbonyl (C=O) groups is 3. The molecule has 1 aromatic rings. The number of hydrogen-bond acceptors (Lipinski definition) is 5. The SMILES string of the molecule is CC(CC(=O)O)NC(=O)C1CCCN1C(=O)c1ccc2c(c1)OCO2. The Labute approximate surface area is 144 Å². The Morgan fingerprint density at radius 1 is 1.32 bits per heavy atom. The Hall–Kier alpha value is -2.77. The number of carbonyl (C=O) groups excluding carboxylic acids is 2. The van der Waals surface area contributed by atoms with Crippen LogP contribution in [-0.2, 0) is 9.59 Å². The topological polar surface area (TPSA) is 105 Å². The maximum absolute atomic E-state index is 12.8. The van der Waals surface area contributed by atoms with Gasteiger partial charge in [-0.25, -0.2) is 0 Å². The molecule has 2 N–H and O–H groups in total. The number of carboxylic acids is 1. The van der Waals surface area contributed by atoms with E-state index in [1.165, 1.54) is 4.90 Å². The molecular formula is C17H20N2O6. The van der Waals surface area contributed by atoms with E-state index in [1.807, 2.05) is 0 Å². The maximum atomic E-state index is 12.8. The van der Waals surface area contributed by atoms with E-state index in [1.54, 1.807) is 25.1 Å². The van der Waals surface area contributed by atoms with Crippen LogP contribution in [0.3, 0.4) is 0 Å². The number of ether oxygens (including phenoxy) is 2. The third-order valence-electron chi connectivity index (χ3n) is 4.31. The number of benzene rings is 1. The van der Waals surface area contributed by atoms with Crippen molar-refractivity contribution in [3.8, 4) is 11.5 Å². The summed E-state index contributed by atoms with van der Waals surface area (Å²) in [6.07, 6.45) is 1.12. The molecular weight excluding hydrogens is 328 g/mol. The van der Waals surface area contributed by atoms with E-state index >= 15 is 0 Å². The third kappa shape index (κ3) is 3.67. The minimum Gasteiger partial charge on any atom is -0.481 e. The first kappa shape index (κ1) is 17.1. The quantitative estimate of drug-likeness (QED) is 0.822. The number of rotatable bonds is 5. The monoisotopic (exact) mass is 348 g/mol. The van der Waals surface area contributed by atoms with Crippen molar-refractivity contribution in [2.75, 3.05) is 13.3 Å². The van der Waals surface area contributed by atoms with Crippen molar-refractivity contribution in [3.05, 3.63) is 23.8 Å². The lowest BCUT2D eigenvalue weighted by molar-refractivity contribution is -0.137. The summed E-state index contributed by atoms with van der Waals surface area (Å²) < 4.78 is 10.5. The summed E-state index contributed by atoms with van der Waals surface area (Å²) in [5, 5.41) is 11.5. The van der Waals surface area contributed by atoms with Gasteiger partial charge in [-0.15, -0.1) is 0 Å². The fraction of sp³-hybridized carbons (Fsp3) is 0.471. The van der Waals surface area contributed by atoms with Gasteiger partial charge in [-0.3, -0.25) is 14.4 Å². The van der Waals surface area contributed by atoms with Crippen LogP contribution in [0.4, 0.5) is 0 Å². The predicted molar refractivity (Wildman–Crippen MR) is 86.5 cm³/mol. The van der Waals surface area contributed by atoms with Crippen LogP contribution in [0.1, 0.15) is 36.5 Å². The zero-order valence-corrected chi connectivity index (χ0v) is 13.9. The summed E-state index contributed by atoms with van der Waals surface area (Å²) in [6, 6.07) is 3.86. The van der Waals surface area contributed by atoms with Crippen molar-refractivity contribution in [1.29, 1.82) is 0 Å². The van der Waals surface area contributed by atoms with Crippen LogP contribution in [0, 0.1) is 0 Å². The molecule has 0 aromatic heterocycles. The molecule has 1 saturated heterocycles. The summed E-state index contributed by atoms with van der Waals surface area (Å²) in [4.78, 5) is 37.5. The first-order valence-corrected chi connectivity index (χ1v) is 8.18. The molecule has 8 heteroatoms. The standard InChI is InChI=1S/C17H20N2O6/c1-10(7-15(20)21)18-16(22)12-3-2-6-19(12)17(23)11-4-5-13-14(8-11)25-9-24-13/h4-5,8,10,12H,2-3,6-7,9H2,1H3,(H,18,22)(H,20,21). The van der Waals surface area contributed by atoms with E-state index in [0.717, 1.165) is 6.42 Å². The van der Waals surface area contributed by atoms with E-state index in [9.17, 15) is 14.4 Å². The number of hydrogen-bond donors (Lipinski definition) is 2. The van der Waals surface area contributed by atoms with Gasteiger partial charge in [0.25, 0.3) is 5.91 Å². The average molecular weight is 348 g/mol. The third-order valence-corrected chi connectivity index (χ3v) is 4.31. The highest BCUT2D eigenvalue weighted by Gasteiger charge is 2.35. The lowest BCUT2D eigenvalue weighted by atomic mass is 10.1. The highest BCUT2D eigenvalue weighted by atomic mass is 16.7. The lowest BCUT2D eigenvalue weighted by Gasteiger charge is -2.25. The van der Waals surface area contributed by atoms with E-state index in [0.29, 0.717) is 30.0 Å². The number of aliphatic carboxylic acids is 1. The smallest absolute Gasteiger partial charge is 0.305 e. The summed E-state index contributed by atoms with van der Waals surface area (Å²) in [7, 11) is 0. The molecule has 134 valence electrons. The van der Waals surface area contributed by atoms with Gasteiger partial charge >= 0.3 is 5.97 Å². The van der Waals surface area contributed by atoms with Gasteiger partial charge in [0.2, 0.25) is 12.7 Å². The first-order chi connectivity index (χ1) is 12.0. The number of fused-ring (bicyclic) bond motifs is 1. The van der Waals surface area contributed by atoms with Gasteiger partial charge in [0.15, 0.2) is 11.5 Å². The minimum absolute atomic E-state index is 0.128. The van der Waals surface area contributed by atoms with Gasteiger partial charge in [0, 0.05) is 18.2 Å². The van der Waals surface area contributed by atoms with Crippen LogP contribution < -0.4 is 14.8 Å². The van der Waals surface area contributed by atoms with Gasteiger partial charge in [0.05, 0.1) is 6.42 Å². The van der Waals surface area contributed by atoms with Crippen molar-refractivity contribution >= 4 is 17.8 Å². The molecule has 1 fully saturated rings. The van der Waals surface area contributed by atoms with Crippen molar-refractivity contribution in [2.24, 2.45) is 0 Å². The predicted octanol–water partition coefficient (Wildman–Crippen LogP) is 0.999. The Balaban J connectivity index is 1.69. The van der Waals surface area contributed by atoms with E-state index in [-0.39, 0.29) is 25.0 Å². The van der Waals surface area contributed by atoms with Crippen LogP contribution >= 0.6 is 0 Å². The second kappa shape index (κ2) is 7.00. The molecule has 0 aliphatic carbocycles. The molecule has 25 heavy (non-hydrogen) atoms. The van der Waals surface area contributed by atoms with Gasteiger partial charge in [-0.1, -0.05) is 0 Å². The normalized spacial score (nSPS) is 19.6. The molecule has 0 saturated carbocycles. The summed E-state index contributed by atoms with van der Waals surface area (Å²) in [5.74, 6) is -0.439. The lowest BCUT2D eigenvalue weighted by Crippen LogP contribution is -2.48. The zero-order chi connectivity index (χ0) is 18.0. The van der Waals surface area contributed by atoms with Crippen LogP contribution in [0.2, 0.25) is 0 Å². The van der Waals surface area contributed by atoms with Crippen molar-refractivity contribution in [3.63, 3.8) is 0 Å². The van der Waals surface area contributed by atoms with Crippen molar-refractivity contribution < 1.29 is 29.0 Å². The molecule has 0 bridgehead atoms. The molecule has 2 heterocycles. The Bertz CT molecular complexity index is 704. The summed E-state index contributed by atoms with van der Waals surface area (Å²) in [6.45, 7) is 2.24. The molecule has 1 aromatic carbocycles. The zero-order valence-electron chi connectivity index (χ0n) is 13.9. The van der Waals surface area contributed by atoms with Gasteiger partial charge < -0.3 is 24.8 Å². The van der Waals surface area contributed by atoms with Crippen LogP contribution in [0.15, 0.2) is 18.2 Å². The van der Waals surface area contributed by atoms with Crippen LogP contribution in [0.25, 0.3) is 0 Å². The molecule has 0 spiro atoms. The fourth-order valence-corrected chi connectivity index (χ4v) is 3.13. The Kier molecular flexibility index (Phi) is 4.78. The Morgan fingerprint density at radius 3 is 2.84 bits per heavy atom. The first-order valence-electron chi connectivity index (χ1n) is 8.18. The summed E-state index contributed by atoms with van der Waals surface area (Å²) in [5.41, 5.74) is 0.433. The van der Waals surface area contributed by atoms with Gasteiger partial charge in [-0.05, 0) is 38.0 Å². The van der Waals surface area contributed by atoms with E-state index < -0.39 is 18.1 Å². The molecule has 2 amide bonds. The van der Waals surface area contributed by atoms with Crippen molar-refractivity contribution in [1.82, 2.24) is 10.2 Å². The molecule has 0 radical (unpaired) electrons. The van der Waals surface area contributed by atoms with Gasteiger partial charge in [0.1, 0.15) is 6.04 Å². The number of likely N-dealkylation sites (tertiary alicyclic amines) is 1. The highest BCUT2D eigenvalue weighted by Crippen LogP contribution is 2.33. The molecule has 3 rings (SSSR count). The minimum atomic E-state index is -0.979. The van der Waals surface area contributed by atoms with Crippen molar-refractivity contribution in [2.45, 2.75) is 38.3 Å². The van der Waals surface area contributed by atoms with E-state index in [2.05, 4.69) is 5.32 Å². The van der Waals surface area contributed by atoms with Gasteiger partial charge in [-0.2, -0.15) is 0 Å². The highest BCUT2D eigenvalue weighted by molar-refractivity contribution is 5.98. The number of nitrogens with zero attached hydrogens (tertiary/aromatic N) is 1. The van der Waals surface area contributed by atoms with Crippen LogP contribution in [0.5, 0.6) is 11.5 Å². The molecule has 2 aliphatic heterocycles. The number of amides is 2. The van der Waals surface area contributed by atoms with Crippen LogP contribution in [-0.4, -0.2) is 53.2 Å². The molecule has 2 atom stereocenters. The molecule has 2 aliphatic rings. The number of carboxylic acid groups (broad SMARTS) is 1.